The van der Waals surface area contributed by atoms with Crippen LogP contribution in [0.25, 0.3) is 0 Å². The number of anilines is 1. The van der Waals surface area contributed by atoms with Gasteiger partial charge in [0.1, 0.15) is 12.1 Å². The molecule has 1 aliphatic heterocycles. The van der Waals surface area contributed by atoms with E-state index in [4.69, 9.17) is 5.11 Å². The molecule has 2 amide bonds. The maximum Gasteiger partial charge on any atom is 0.419 e. The van der Waals surface area contributed by atoms with Crippen LogP contribution in [0.3, 0.4) is 0 Å². The normalized spacial score (nSPS) is 15.6. The fraction of sp³-hybridized carbons (Fsp3) is 0.438. The maximum atomic E-state index is 13.8. The summed E-state index contributed by atoms with van der Waals surface area (Å²) in [6.45, 7) is -0.188. The van der Waals surface area contributed by atoms with Crippen molar-refractivity contribution in [3.8, 4) is 0 Å². The maximum absolute atomic E-state index is 13.8. The average molecular weight is 376 g/mol. The van der Waals surface area contributed by atoms with Crippen LogP contribution in [-0.2, 0) is 15.8 Å². The zero-order chi connectivity index (χ0) is 19.5. The predicted molar refractivity (Wildman–Crippen MR) is 82.1 cm³/mol. The van der Waals surface area contributed by atoms with E-state index in [1.807, 2.05) is 0 Å². The average Bonchev–Trinajstić information content (AvgIpc) is 2.58. The van der Waals surface area contributed by atoms with Gasteiger partial charge in [0.25, 0.3) is 0 Å². The number of piperidine rings is 1. The van der Waals surface area contributed by atoms with E-state index in [2.05, 4.69) is 0 Å². The molecule has 0 spiro atoms. The Labute approximate surface area is 146 Å². The second-order valence-electron chi connectivity index (χ2n) is 5.82. The van der Waals surface area contributed by atoms with Gasteiger partial charge in [0, 0.05) is 24.7 Å². The summed E-state index contributed by atoms with van der Waals surface area (Å²) in [5.74, 6) is -2.70. The Morgan fingerprint density at radius 2 is 1.88 bits per heavy atom. The zero-order valence-corrected chi connectivity index (χ0v) is 13.5. The molecule has 0 radical (unpaired) electrons. The van der Waals surface area contributed by atoms with E-state index in [1.165, 1.54) is 0 Å². The third kappa shape index (κ3) is 4.30. The Balaban J connectivity index is 2.21. The SMILES string of the molecule is O=CCN(C(=O)C1CCN(C(=O)O)CC1)c1ccc(C(F)(F)F)c(F)c1. The highest BCUT2D eigenvalue weighted by Gasteiger charge is 2.35. The largest absolute Gasteiger partial charge is 0.465 e. The van der Waals surface area contributed by atoms with E-state index in [1.54, 1.807) is 0 Å². The number of hydrogen-bond donors (Lipinski definition) is 1. The third-order valence-corrected chi connectivity index (χ3v) is 4.21. The van der Waals surface area contributed by atoms with Crippen LogP contribution in [0.2, 0.25) is 0 Å². The van der Waals surface area contributed by atoms with Crippen LogP contribution in [0, 0.1) is 11.7 Å². The lowest BCUT2D eigenvalue weighted by Crippen LogP contribution is -2.44. The van der Waals surface area contributed by atoms with Crippen molar-refractivity contribution in [2.75, 3.05) is 24.5 Å². The number of carboxylic acid groups (broad SMARTS) is 1. The van der Waals surface area contributed by atoms with Gasteiger partial charge in [-0.3, -0.25) is 4.79 Å². The highest BCUT2D eigenvalue weighted by atomic mass is 19.4. The van der Waals surface area contributed by atoms with Crippen molar-refractivity contribution in [2.24, 2.45) is 5.92 Å². The zero-order valence-electron chi connectivity index (χ0n) is 13.5. The minimum absolute atomic E-state index is 0.127. The predicted octanol–water partition coefficient (Wildman–Crippen LogP) is 2.77. The van der Waals surface area contributed by atoms with E-state index in [-0.39, 0.29) is 31.6 Å². The van der Waals surface area contributed by atoms with Crippen LogP contribution in [0.1, 0.15) is 18.4 Å². The molecule has 6 nitrogen and oxygen atoms in total. The molecule has 10 heteroatoms. The summed E-state index contributed by atoms with van der Waals surface area (Å²) < 4.78 is 51.7. The van der Waals surface area contributed by atoms with Crippen LogP contribution in [0.4, 0.5) is 28.0 Å². The number of benzene rings is 1. The second kappa shape index (κ2) is 7.71. The number of nitrogens with zero attached hydrogens (tertiary/aromatic N) is 2. The first-order valence-corrected chi connectivity index (χ1v) is 7.74. The van der Waals surface area contributed by atoms with Gasteiger partial charge in [0.05, 0.1) is 12.1 Å². The van der Waals surface area contributed by atoms with Crippen LogP contribution >= 0.6 is 0 Å². The van der Waals surface area contributed by atoms with E-state index < -0.39 is 42.0 Å². The first kappa shape index (κ1) is 19.7. The first-order chi connectivity index (χ1) is 12.1. The lowest BCUT2D eigenvalue weighted by Gasteiger charge is -2.32. The number of carbonyl (C=O) groups excluding carboxylic acids is 2. The molecule has 1 heterocycles. The minimum Gasteiger partial charge on any atom is -0.465 e. The Morgan fingerprint density at radius 3 is 2.35 bits per heavy atom. The summed E-state index contributed by atoms with van der Waals surface area (Å²) in [5, 5.41) is 8.91. The highest BCUT2D eigenvalue weighted by molar-refractivity contribution is 5.97. The number of halogens is 4. The van der Waals surface area contributed by atoms with Crippen molar-refractivity contribution in [1.29, 1.82) is 0 Å². The van der Waals surface area contributed by atoms with Crippen molar-refractivity contribution in [3.63, 3.8) is 0 Å². The van der Waals surface area contributed by atoms with Gasteiger partial charge in [-0.05, 0) is 31.0 Å². The Bertz CT molecular complexity index is 700. The Morgan fingerprint density at radius 1 is 1.27 bits per heavy atom. The van der Waals surface area contributed by atoms with Crippen molar-refractivity contribution in [2.45, 2.75) is 19.0 Å². The molecular formula is C16H16F4N2O4. The molecule has 142 valence electrons. The summed E-state index contributed by atoms with van der Waals surface area (Å²) in [6, 6.07) is 2.01. The minimum atomic E-state index is -4.87. The smallest absolute Gasteiger partial charge is 0.419 e. The van der Waals surface area contributed by atoms with Gasteiger partial charge < -0.3 is 19.7 Å². The van der Waals surface area contributed by atoms with Crippen molar-refractivity contribution >= 4 is 24.0 Å². The molecule has 0 aliphatic carbocycles. The molecule has 1 N–H and O–H groups in total. The van der Waals surface area contributed by atoms with Crippen LogP contribution in [0.5, 0.6) is 0 Å². The van der Waals surface area contributed by atoms with Gasteiger partial charge in [-0.15, -0.1) is 0 Å². The molecule has 1 aromatic carbocycles. The molecule has 2 rings (SSSR count). The molecule has 0 atom stereocenters. The number of hydrogen-bond acceptors (Lipinski definition) is 3. The summed E-state index contributed by atoms with van der Waals surface area (Å²) in [5.41, 5.74) is -1.62. The van der Waals surface area contributed by atoms with Crippen molar-refractivity contribution in [3.05, 3.63) is 29.6 Å². The van der Waals surface area contributed by atoms with Crippen molar-refractivity contribution in [1.82, 2.24) is 4.90 Å². The molecule has 0 saturated carbocycles. The second-order valence-corrected chi connectivity index (χ2v) is 5.82. The van der Waals surface area contributed by atoms with E-state index in [0.717, 1.165) is 15.9 Å². The van der Waals surface area contributed by atoms with Crippen LogP contribution in [0.15, 0.2) is 18.2 Å². The van der Waals surface area contributed by atoms with E-state index in [0.29, 0.717) is 18.4 Å². The molecule has 26 heavy (non-hydrogen) atoms. The molecule has 1 aromatic rings. The fourth-order valence-electron chi connectivity index (χ4n) is 2.84. The van der Waals surface area contributed by atoms with Gasteiger partial charge in [-0.25, -0.2) is 9.18 Å². The molecule has 1 saturated heterocycles. The van der Waals surface area contributed by atoms with Crippen LogP contribution in [-0.4, -0.2) is 47.9 Å². The number of aldehydes is 1. The summed E-state index contributed by atoms with van der Waals surface area (Å²) in [4.78, 5) is 36.4. The summed E-state index contributed by atoms with van der Waals surface area (Å²) >= 11 is 0. The van der Waals surface area contributed by atoms with Gasteiger partial charge in [0.15, 0.2) is 0 Å². The quantitative estimate of drug-likeness (QED) is 0.648. The number of likely N-dealkylation sites (tertiary alicyclic amines) is 1. The monoisotopic (exact) mass is 376 g/mol. The lowest BCUT2D eigenvalue weighted by atomic mass is 9.95. The van der Waals surface area contributed by atoms with E-state index in [9.17, 15) is 31.9 Å². The molecule has 1 aliphatic rings. The van der Waals surface area contributed by atoms with Gasteiger partial charge >= 0.3 is 12.3 Å². The number of alkyl halides is 3. The standard InChI is InChI=1S/C16H16F4N2O4/c17-13-9-11(1-2-12(13)16(18,19)20)22(7-8-23)14(24)10-3-5-21(6-4-10)15(25)26/h1-2,8-10H,3-7H2,(H,25,26). The van der Waals surface area contributed by atoms with Gasteiger partial charge in [0.2, 0.25) is 5.91 Å². The number of rotatable bonds is 4. The third-order valence-electron chi connectivity index (χ3n) is 4.21. The number of carbonyl (C=O) groups is 3. The van der Waals surface area contributed by atoms with Gasteiger partial charge in [-0.1, -0.05) is 0 Å². The Kier molecular flexibility index (Phi) is 5.83. The fourth-order valence-corrected chi connectivity index (χ4v) is 2.84. The first-order valence-electron chi connectivity index (χ1n) is 7.74. The lowest BCUT2D eigenvalue weighted by molar-refractivity contribution is -0.140. The molecule has 0 aromatic heterocycles. The molecule has 0 bridgehead atoms. The topological polar surface area (TPSA) is 77.9 Å². The van der Waals surface area contributed by atoms with Gasteiger partial charge in [-0.2, -0.15) is 13.2 Å². The molecule has 1 fully saturated rings. The molecular weight excluding hydrogens is 360 g/mol. The summed E-state index contributed by atoms with van der Waals surface area (Å²) in [6.07, 6.45) is -5.16. The van der Waals surface area contributed by atoms with E-state index >= 15 is 0 Å². The highest BCUT2D eigenvalue weighted by Crippen LogP contribution is 2.33. The number of amides is 2. The summed E-state index contributed by atoms with van der Waals surface area (Å²) in [7, 11) is 0. The van der Waals surface area contributed by atoms with Crippen molar-refractivity contribution < 1.29 is 37.1 Å². The van der Waals surface area contributed by atoms with Crippen LogP contribution < -0.4 is 4.90 Å². The Hall–Kier alpha value is -2.65. The molecule has 0 unspecified atom stereocenters.